The minimum atomic E-state index is -3.89. The molecule has 0 radical (unpaired) electrons. The maximum atomic E-state index is 12.7. The van der Waals surface area contributed by atoms with Crippen LogP contribution in [-0.2, 0) is 19.6 Å². The molecule has 0 unspecified atom stereocenters. The molecule has 1 heterocycles. The Kier molecular flexibility index (Phi) is 9.06. The molecule has 2 aromatic carbocycles. The van der Waals surface area contributed by atoms with E-state index in [4.69, 9.17) is 9.47 Å². The highest BCUT2D eigenvalue weighted by Gasteiger charge is 2.29. The Labute approximate surface area is 196 Å². The van der Waals surface area contributed by atoms with E-state index in [1.54, 1.807) is 11.8 Å². The van der Waals surface area contributed by atoms with Crippen molar-refractivity contribution in [2.45, 2.75) is 16.2 Å². The molecule has 1 aliphatic heterocycles. The molecule has 1 saturated heterocycles. The van der Waals surface area contributed by atoms with Crippen LogP contribution in [0.5, 0.6) is 5.75 Å². The average Bonchev–Trinajstić information content (AvgIpc) is 2.83. The second kappa shape index (κ2) is 12.0. The second-order valence-electron chi connectivity index (χ2n) is 7.06. The van der Waals surface area contributed by atoms with Crippen LogP contribution < -0.4 is 10.1 Å². The summed E-state index contributed by atoms with van der Waals surface area (Å²) in [4.78, 5) is 23.7. The third kappa shape index (κ3) is 7.16. The highest BCUT2D eigenvalue weighted by molar-refractivity contribution is 7.99. The zero-order chi connectivity index (χ0) is 23.7. The van der Waals surface area contributed by atoms with Crippen molar-refractivity contribution in [2.24, 2.45) is 0 Å². The first-order valence-electron chi connectivity index (χ1n) is 10.3. The van der Waals surface area contributed by atoms with Gasteiger partial charge in [-0.1, -0.05) is 18.2 Å². The van der Waals surface area contributed by atoms with Crippen molar-refractivity contribution >= 4 is 33.4 Å². The zero-order valence-electron chi connectivity index (χ0n) is 17.8. The van der Waals surface area contributed by atoms with Gasteiger partial charge in [0.25, 0.3) is 5.91 Å². The normalized spacial score (nSPS) is 14.5. The van der Waals surface area contributed by atoms with Gasteiger partial charge < -0.3 is 14.8 Å². The summed E-state index contributed by atoms with van der Waals surface area (Å²) in [5, 5.41) is 14.2. The van der Waals surface area contributed by atoms with Crippen molar-refractivity contribution in [1.82, 2.24) is 9.62 Å². The van der Waals surface area contributed by atoms with E-state index in [0.717, 1.165) is 23.1 Å². The van der Waals surface area contributed by atoms with Gasteiger partial charge in [-0.15, -0.1) is 11.8 Å². The Bertz CT molecular complexity index is 1060. The molecule has 1 N–H and O–H groups in total. The number of sulfonamides is 1. The predicted octanol–water partition coefficient (Wildman–Crippen LogP) is 2.29. The lowest BCUT2D eigenvalue weighted by molar-refractivity contribution is -0.386. The number of hydrogen-bond donors (Lipinski definition) is 1. The lowest BCUT2D eigenvalue weighted by Gasteiger charge is -2.26. The highest BCUT2D eigenvalue weighted by Crippen LogP contribution is 2.31. The number of nitrogens with zero attached hydrogens (tertiary/aromatic N) is 2. The van der Waals surface area contributed by atoms with Crippen molar-refractivity contribution in [1.29, 1.82) is 0 Å². The standard InChI is InChI=1S/C21H25N3O7S2/c25-21(22-9-4-14-32-17-5-2-1-3-6-17)16-31-20-8-7-18(15-19(20)24(26)27)33(28,29)23-10-12-30-13-11-23/h1-3,5-8,15H,4,9-14,16H2,(H,22,25). The van der Waals surface area contributed by atoms with Gasteiger partial charge in [-0.2, -0.15) is 4.31 Å². The van der Waals surface area contributed by atoms with Gasteiger partial charge >= 0.3 is 5.69 Å². The van der Waals surface area contributed by atoms with Crippen LogP contribution in [0.15, 0.2) is 58.3 Å². The number of carbonyl (C=O) groups excluding carboxylic acids is 1. The first kappa shape index (κ1) is 25.0. The van der Waals surface area contributed by atoms with Gasteiger partial charge in [-0.25, -0.2) is 8.42 Å². The number of morpholine rings is 1. The van der Waals surface area contributed by atoms with Crippen LogP contribution in [0.25, 0.3) is 0 Å². The second-order valence-corrected chi connectivity index (χ2v) is 10.2. The van der Waals surface area contributed by atoms with Gasteiger partial charge in [0.15, 0.2) is 12.4 Å². The molecule has 0 aromatic heterocycles. The fourth-order valence-electron chi connectivity index (χ4n) is 3.06. The Morgan fingerprint density at radius 1 is 1.18 bits per heavy atom. The van der Waals surface area contributed by atoms with Crippen LogP contribution in [0.3, 0.4) is 0 Å². The van der Waals surface area contributed by atoms with Crippen LogP contribution in [0.2, 0.25) is 0 Å². The molecule has 0 aliphatic carbocycles. The molecular formula is C21H25N3O7S2. The molecule has 3 rings (SSSR count). The topological polar surface area (TPSA) is 128 Å². The minimum Gasteiger partial charge on any atom is -0.477 e. The van der Waals surface area contributed by atoms with E-state index in [2.05, 4.69) is 5.32 Å². The third-order valence-corrected chi connectivity index (χ3v) is 7.74. The van der Waals surface area contributed by atoms with Gasteiger partial charge in [0.05, 0.1) is 23.0 Å². The quantitative estimate of drug-likeness (QED) is 0.218. The van der Waals surface area contributed by atoms with Gasteiger partial charge in [-0.3, -0.25) is 14.9 Å². The summed E-state index contributed by atoms with van der Waals surface area (Å²) in [6, 6.07) is 13.3. The largest absolute Gasteiger partial charge is 0.477 e. The maximum Gasteiger partial charge on any atom is 0.312 e. The van der Waals surface area contributed by atoms with E-state index in [1.807, 2.05) is 30.3 Å². The number of rotatable bonds is 11. The average molecular weight is 496 g/mol. The Hall–Kier alpha value is -2.67. The number of nitrogens with one attached hydrogen (secondary N) is 1. The summed E-state index contributed by atoms with van der Waals surface area (Å²) >= 11 is 1.68. The number of hydrogen-bond acceptors (Lipinski definition) is 8. The maximum absolute atomic E-state index is 12.7. The third-order valence-electron chi connectivity index (χ3n) is 4.75. The molecule has 1 fully saturated rings. The lowest BCUT2D eigenvalue weighted by Crippen LogP contribution is -2.40. The first-order chi connectivity index (χ1) is 15.9. The van der Waals surface area contributed by atoms with Gasteiger partial charge in [0.1, 0.15) is 0 Å². The SMILES string of the molecule is O=C(COc1ccc(S(=O)(=O)N2CCOCC2)cc1[N+](=O)[O-])NCCCSc1ccccc1. The molecule has 2 aromatic rings. The highest BCUT2D eigenvalue weighted by atomic mass is 32.2. The van der Waals surface area contributed by atoms with E-state index < -0.39 is 33.1 Å². The van der Waals surface area contributed by atoms with E-state index in [1.165, 1.54) is 16.4 Å². The van der Waals surface area contributed by atoms with Gasteiger partial charge in [0, 0.05) is 30.6 Å². The summed E-state index contributed by atoms with van der Waals surface area (Å²) in [5.74, 6) is 0.241. The van der Waals surface area contributed by atoms with Crippen molar-refractivity contribution in [3.63, 3.8) is 0 Å². The van der Waals surface area contributed by atoms with Crippen molar-refractivity contribution < 1.29 is 27.6 Å². The Balaban J connectivity index is 1.51. The summed E-state index contributed by atoms with van der Waals surface area (Å²) in [7, 11) is -3.89. The molecule has 0 spiro atoms. The molecule has 1 amide bonds. The van der Waals surface area contributed by atoms with Gasteiger partial charge in [0.2, 0.25) is 10.0 Å². The molecule has 1 aliphatic rings. The first-order valence-corrected chi connectivity index (χ1v) is 12.7. The molecule has 12 heteroatoms. The summed E-state index contributed by atoms with van der Waals surface area (Å²) < 4.78 is 37.2. The molecule has 0 bridgehead atoms. The number of nitro benzene ring substituents is 1. The van der Waals surface area contributed by atoms with E-state index in [-0.39, 0.29) is 36.9 Å². The number of amides is 1. The molecule has 0 saturated carbocycles. The predicted molar refractivity (Wildman–Crippen MR) is 123 cm³/mol. The summed E-state index contributed by atoms with van der Waals surface area (Å²) in [5.41, 5.74) is -0.517. The number of thioether (sulfide) groups is 1. The van der Waals surface area contributed by atoms with Crippen LogP contribution in [-0.4, -0.2) is 68.8 Å². The number of nitro groups is 1. The zero-order valence-corrected chi connectivity index (χ0v) is 19.5. The monoisotopic (exact) mass is 495 g/mol. The fraction of sp³-hybridized carbons (Fsp3) is 0.381. The smallest absolute Gasteiger partial charge is 0.312 e. The van der Waals surface area contributed by atoms with Crippen LogP contribution >= 0.6 is 11.8 Å². The van der Waals surface area contributed by atoms with Crippen LogP contribution in [0, 0.1) is 10.1 Å². The van der Waals surface area contributed by atoms with Crippen molar-refractivity contribution in [3.8, 4) is 5.75 Å². The molecule has 33 heavy (non-hydrogen) atoms. The van der Waals surface area contributed by atoms with Crippen molar-refractivity contribution in [2.75, 3.05) is 45.2 Å². The van der Waals surface area contributed by atoms with Crippen LogP contribution in [0.4, 0.5) is 5.69 Å². The molecule has 10 nitrogen and oxygen atoms in total. The fourth-order valence-corrected chi connectivity index (χ4v) is 5.36. The van der Waals surface area contributed by atoms with E-state index in [9.17, 15) is 23.3 Å². The summed E-state index contributed by atoms with van der Waals surface area (Å²) in [6.07, 6.45) is 0.750. The van der Waals surface area contributed by atoms with E-state index >= 15 is 0 Å². The molecular weight excluding hydrogens is 470 g/mol. The number of benzene rings is 2. The van der Waals surface area contributed by atoms with Crippen molar-refractivity contribution in [3.05, 3.63) is 58.6 Å². The Morgan fingerprint density at radius 2 is 1.91 bits per heavy atom. The molecule has 0 atom stereocenters. The number of ether oxygens (including phenoxy) is 2. The lowest BCUT2D eigenvalue weighted by atomic mass is 10.3. The van der Waals surface area contributed by atoms with Crippen LogP contribution in [0.1, 0.15) is 6.42 Å². The summed E-state index contributed by atoms with van der Waals surface area (Å²) in [6.45, 7) is 0.922. The van der Waals surface area contributed by atoms with E-state index in [0.29, 0.717) is 6.54 Å². The molecule has 178 valence electrons. The Morgan fingerprint density at radius 3 is 2.61 bits per heavy atom. The number of carbonyl (C=O) groups is 1. The van der Waals surface area contributed by atoms with Gasteiger partial charge in [-0.05, 0) is 36.4 Å². The minimum absolute atomic E-state index is 0.171.